The Morgan fingerprint density at radius 3 is 2.26 bits per heavy atom. The van der Waals surface area contributed by atoms with E-state index in [0.717, 1.165) is 19.5 Å². The van der Waals surface area contributed by atoms with Gasteiger partial charge >= 0.3 is 5.97 Å². The van der Waals surface area contributed by atoms with E-state index in [2.05, 4.69) is 30.6 Å². The van der Waals surface area contributed by atoms with Gasteiger partial charge in [0.05, 0.1) is 5.92 Å². The number of carboxylic acid groups (broad SMARTS) is 1. The van der Waals surface area contributed by atoms with E-state index in [0.29, 0.717) is 12.1 Å². The number of carbonyl (C=O) groups is 1. The Balaban J connectivity index is 1.83. The first kappa shape index (κ1) is 14.8. The van der Waals surface area contributed by atoms with Crippen LogP contribution in [0.5, 0.6) is 0 Å². The molecule has 2 fully saturated rings. The molecule has 2 atom stereocenters. The normalized spacial score (nSPS) is 31.8. The van der Waals surface area contributed by atoms with Crippen molar-refractivity contribution >= 4 is 5.97 Å². The summed E-state index contributed by atoms with van der Waals surface area (Å²) in [6, 6.07) is 1.32. The highest BCUT2D eigenvalue weighted by molar-refractivity contribution is 5.70. The van der Waals surface area contributed by atoms with Crippen molar-refractivity contribution in [1.29, 1.82) is 0 Å². The molecule has 0 amide bonds. The lowest BCUT2D eigenvalue weighted by Crippen LogP contribution is -2.51. The highest BCUT2D eigenvalue weighted by Crippen LogP contribution is 2.28. The Kier molecular flexibility index (Phi) is 4.85. The maximum absolute atomic E-state index is 11.1. The largest absolute Gasteiger partial charge is 0.481 e. The molecule has 2 aliphatic heterocycles. The van der Waals surface area contributed by atoms with Gasteiger partial charge in [0.2, 0.25) is 0 Å². The molecule has 2 rings (SSSR count). The zero-order chi connectivity index (χ0) is 14.0. The summed E-state index contributed by atoms with van der Waals surface area (Å²) in [5.41, 5.74) is 0. The number of rotatable bonds is 3. The number of hydrogen-bond donors (Lipinski definition) is 1. The Labute approximate surface area is 116 Å². The number of likely N-dealkylation sites (tertiary alicyclic amines) is 2. The van der Waals surface area contributed by atoms with E-state index >= 15 is 0 Å². The summed E-state index contributed by atoms with van der Waals surface area (Å²) in [6.45, 7) is 10.9. The highest BCUT2D eigenvalue weighted by Gasteiger charge is 2.34. The van der Waals surface area contributed by atoms with Gasteiger partial charge in [-0.25, -0.2) is 0 Å². The number of hydrogen-bond acceptors (Lipinski definition) is 3. The maximum atomic E-state index is 11.1. The SMILES string of the molecule is CC1CN(C2CCN(C(C)C)CC2)CCC1C(=O)O. The van der Waals surface area contributed by atoms with Gasteiger partial charge in [0.1, 0.15) is 0 Å². The second kappa shape index (κ2) is 6.23. The minimum Gasteiger partial charge on any atom is -0.481 e. The van der Waals surface area contributed by atoms with Crippen molar-refractivity contribution in [3.8, 4) is 0 Å². The van der Waals surface area contributed by atoms with Crippen molar-refractivity contribution < 1.29 is 9.90 Å². The van der Waals surface area contributed by atoms with E-state index in [1.54, 1.807) is 0 Å². The molecule has 0 radical (unpaired) electrons. The second-order valence-corrected chi connectivity index (χ2v) is 6.57. The lowest BCUT2D eigenvalue weighted by atomic mass is 9.85. The molecule has 0 aliphatic carbocycles. The molecule has 1 N–H and O–H groups in total. The van der Waals surface area contributed by atoms with E-state index in [4.69, 9.17) is 0 Å². The van der Waals surface area contributed by atoms with Crippen LogP contribution in [-0.2, 0) is 4.79 Å². The van der Waals surface area contributed by atoms with Gasteiger partial charge in [-0.15, -0.1) is 0 Å². The molecule has 0 aromatic heterocycles. The van der Waals surface area contributed by atoms with Crippen LogP contribution < -0.4 is 0 Å². The summed E-state index contributed by atoms with van der Waals surface area (Å²) in [7, 11) is 0. The van der Waals surface area contributed by atoms with E-state index < -0.39 is 5.97 Å². The van der Waals surface area contributed by atoms with Crippen molar-refractivity contribution in [3.63, 3.8) is 0 Å². The Hall–Kier alpha value is -0.610. The minimum atomic E-state index is -0.609. The minimum absolute atomic E-state index is 0.132. The summed E-state index contributed by atoms with van der Waals surface area (Å²) < 4.78 is 0. The zero-order valence-electron chi connectivity index (χ0n) is 12.5. The van der Waals surface area contributed by atoms with E-state index in [1.165, 1.54) is 25.9 Å². The van der Waals surface area contributed by atoms with Gasteiger partial charge in [-0.1, -0.05) is 6.92 Å². The molecule has 0 aromatic rings. The summed E-state index contributed by atoms with van der Waals surface area (Å²) in [4.78, 5) is 16.2. The van der Waals surface area contributed by atoms with Crippen LogP contribution in [0.3, 0.4) is 0 Å². The molecule has 2 unspecified atom stereocenters. The smallest absolute Gasteiger partial charge is 0.306 e. The molecular weight excluding hydrogens is 240 g/mol. The summed E-state index contributed by atoms with van der Waals surface area (Å²) in [5.74, 6) is -0.455. The van der Waals surface area contributed by atoms with Gasteiger partial charge in [0.15, 0.2) is 0 Å². The first-order valence-electron chi connectivity index (χ1n) is 7.70. The van der Waals surface area contributed by atoms with Crippen LogP contribution >= 0.6 is 0 Å². The van der Waals surface area contributed by atoms with Crippen LogP contribution in [0.2, 0.25) is 0 Å². The molecule has 4 heteroatoms. The molecule has 110 valence electrons. The second-order valence-electron chi connectivity index (χ2n) is 6.57. The average molecular weight is 268 g/mol. The fourth-order valence-electron chi connectivity index (χ4n) is 3.64. The van der Waals surface area contributed by atoms with Crippen LogP contribution in [0.15, 0.2) is 0 Å². The van der Waals surface area contributed by atoms with Crippen LogP contribution in [0, 0.1) is 11.8 Å². The maximum Gasteiger partial charge on any atom is 0.306 e. The Bertz CT molecular complexity index is 311. The van der Waals surface area contributed by atoms with Gasteiger partial charge in [-0.05, 0) is 58.7 Å². The topological polar surface area (TPSA) is 43.8 Å². The standard InChI is InChI=1S/C15H28N2O2/c1-11(2)16-7-4-13(5-8-16)17-9-6-14(15(18)19)12(3)10-17/h11-14H,4-10H2,1-3H3,(H,18,19). The Morgan fingerprint density at radius 1 is 1.16 bits per heavy atom. The molecular formula is C15H28N2O2. The molecule has 19 heavy (non-hydrogen) atoms. The molecule has 0 spiro atoms. The third-order valence-electron chi connectivity index (χ3n) is 5.00. The molecule has 0 bridgehead atoms. The monoisotopic (exact) mass is 268 g/mol. The molecule has 0 saturated carbocycles. The molecule has 4 nitrogen and oxygen atoms in total. The van der Waals surface area contributed by atoms with Gasteiger partial charge in [-0.3, -0.25) is 9.69 Å². The summed E-state index contributed by atoms with van der Waals surface area (Å²) >= 11 is 0. The zero-order valence-corrected chi connectivity index (χ0v) is 12.5. The average Bonchev–Trinajstić information content (AvgIpc) is 2.38. The van der Waals surface area contributed by atoms with Gasteiger partial charge in [0.25, 0.3) is 0 Å². The lowest BCUT2D eigenvalue weighted by Gasteiger charge is -2.44. The fourth-order valence-corrected chi connectivity index (χ4v) is 3.64. The van der Waals surface area contributed by atoms with E-state index in [-0.39, 0.29) is 11.8 Å². The number of nitrogens with zero attached hydrogens (tertiary/aromatic N) is 2. The molecule has 2 saturated heterocycles. The van der Waals surface area contributed by atoms with Crippen molar-refractivity contribution in [2.45, 2.75) is 52.1 Å². The molecule has 2 heterocycles. The predicted octanol–water partition coefficient (Wildman–Crippen LogP) is 1.90. The van der Waals surface area contributed by atoms with Crippen molar-refractivity contribution in [2.75, 3.05) is 26.2 Å². The van der Waals surface area contributed by atoms with Crippen molar-refractivity contribution in [2.24, 2.45) is 11.8 Å². The number of carboxylic acids is 1. The van der Waals surface area contributed by atoms with Crippen LogP contribution in [0.1, 0.15) is 40.0 Å². The number of piperidine rings is 2. The predicted molar refractivity (Wildman–Crippen MR) is 76.2 cm³/mol. The lowest BCUT2D eigenvalue weighted by molar-refractivity contribution is -0.145. The summed E-state index contributed by atoms with van der Waals surface area (Å²) in [5, 5.41) is 9.18. The van der Waals surface area contributed by atoms with Gasteiger partial charge in [0, 0.05) is 18.6 Å². The van der Waals surface area contributed by atoms with Crippen LogP contribution in [-0.4, -0.2) is 59.1 Å². The summed E-state index contributed by atoms with van der Waals surface area (Å²) in [6.07, 6.45) is 3.30. The van der Waals surface area contributed by atoms with Gasteiger partial charge in [-0.2, -0.15) is 0 Å². The van der Waals surface area contributed by atoms with Crippen molar-refractivity contribution in [1.82, 2.24) is 9.80 Å². The fraction of sp³-hybridized carbons (Fsp3) is 0.933. The first-order valence-corrected chi connectivity index (χ1v) is 7.70. The molecule has 0 aromatic carbocycles. The third kappa shape index (κ3) is 3.48. The third-order valence-corrected chi connectivity index (χ3v) is 5.00. The van der Waals surface area contributed by atoms with Gasteiger partial charge < -0.3 is 10.0 Å². The Morgan fingerprint density at radius 2 is 1.79 bits per heavy atom. The highest BCUT2D eigenvalue weighted by atomic mass is 16.4. The quantitative estimate of drug-likeness (QED) is 0.849. The van der Waals surface area contributed by atoms with Crippen molar-refractivity contribution in [3.05, 3.63) is 0 Å². The van der Waals surface area contributed by atoms with E-state index in [1.807, 2.05) is 0 Å². The van der Waals surface area contributed by atoms with Crippen LogP contribution in [0.4, 0.5) is 0 Å². The number of aliphatic carboxylic acids is 1. The molecule has 2 aliphatic rings. The van der Waals surface area contributed by atoms with E-state index in [9.17, 15) is 9.90 Å². The first-order chi connectivity index (χ1) is 8.99. The van der Waals surface area contributed by atoms with Crippen LogP contribution in [0.25, 0.3) is 0 Å².